The lowest BCUT2D eigenvalue weighted by atomic mass is 9.67. The maximum absolute atomic E-state index is 13.7. The molecule has 0 heterocycles. The predicted octanol–water partition coefficient (Wildman–Crippen LogP) is 8.37. The van der Waals surface area contributed by atoms with Gasteiger partial charge in [-0.3, -0.25) is 4.90 Å². The molecule has 0 aliphatic heterocycles. The van der Waals surface area contributed by atoms with Crippen molar-refractivity contribution in [3.63, 3.8) is 0 Å². The van der Waals surface area contributed by atoms with E-state index in [4.69, 9.17) is 0 Å². The molecule has 1 unspecified atom stereocenters. The summed E-state index contributed by atoms with van der Waals surface area (Å²) in [5.74, 6) is -0.186. The lowest BCUT2D eigenvalue weighted by Crippen LogP contribution is -2.35. The van der Waals surface area contributed by atoms with Crippen LogP contribution in [0, 0.1) is 17.2 Å². The third-order valence-corrected chi connectivity index (χ3v) is 7.23. The quantitative estimate of drug-likeness (QED) is 0.300. The monoisotopic (exact) mass is 510 g/mol. The molecule has 36 heavy (non-hydrogen) atoms. The van der Waals surface area contributed by atoms with Crippen LogP contribution in [0.3, 0.4) is 0 Å². The van der Waals surface area contributed by atoms with Gasteiger partial charge in [-0.15, -0.1) is 0 Å². The first-order valence-corrected chi connectivity index (χ1v) is 12.5. The van der Waals surface area contributed by atoms with Crippen molar-refractivity contribution in [1.29, 1.82) is 5.26 Å². The van der Waals surface area contributed by atoms with Gasteiger partial charge in [0.25, 0.3) is 0 Å². The SMILES string of the molecule is CCCN(CCCC(C#N)(c1ccc(C(F)(F)F)c(C(F)(F)F)c1)C1CCCC1)Cc1ccccc1. The summed E-state index contributed by atoms with van der Waals surface area (Å²) in [6.45, 7) is 4.26. The number of hydrogen-bond acceptors (Lipinski definition) is 2. The Bertz CT molecular complexity index is 1020. The molecule has 1 atom stereocenters. The molecule has 196 valence electrons. The van der Waals surface area contributed by atoms with E-state index in [0.29, 0.717) is 44.4 Å². The summed E-state index contributed by atoms with van der Waals surface area (Å²) >= 11 is 0. The van der Waals surface area contributed by atoms with Crippen LogP contribution in [0.4, 0.5) is 26.3 Å². The van der Waals surface area contributed by atoms with Gasteiger partial charge in [0.05, 0.1) is 22.6 Å². The average Bonchev–Trinajstić information content (AvgIpc) is 3.37. The first kappa shape index (κ1) is 28.0. The Labute approximate surface area is 208 Å². The van der Waals surface area contributed by atoms with E-state index in [0.717, 1.165) is 44.0 Å². The van der Waals surface area contributed by atoms with Gasteiger partial charge in [-0.2, -0.15) is 31.6 Å². The van der Waals surface area contributed by atoms with Crippen molar-refractivity contribution in [2.75, 3.05) is 13.1 Å². The summed E-state index contributed by atoms with van der Waals surface area (Å²) in [6.07, 6.45) is -5.46. The highest BCUT2D eigenvalue weighted by Crippen LogP contribution is 2.48. The summed E-state index contributed by atoms with van der Waals surface area (Å²) in [4.78, 5) is 2.25. The van der Waals surface area contributed by atoms with E-state index < -0.39 is 28.9 Å². The molecule has 0 aromatic heterocycles. The van der Waals surface area contributed by atoms with E-state index in [-0.39, 0.29) is 11.5 Å². The van der Waals surface area contributed by atoms with Crippen molar-refractivity contribution in [2.24, 2.45) is 5.92 Å². The van der Waals surface area contributed by atoms with E-state index in [1.807, 2.05) is 30.3 Å². The van der Waals surface area contributed by atoms with E-state index in [2.05, 4.69) is 17.9 Å². The minimum Gasteiger partial charge on any atom is -0.299 e. The summed E-state index contributed by atoms with van der Waals surface area (Å²) in [5.41, 5.74) is -3.50. The molecule has 1 saturated carbocycles. The van der Waals surface area contributed by atoms with Crippen LogP contribution < -0.4 is 0 Å². The molecule has 0 amide bonds. The average molecular weight is 511 g/mol. The molecule has 0 radical (unpaired) electrons. The summed E-state index contributed by atoms with van der Waals surface area (Å²) in [5, 5.41) is 10.3. The van der Waals surface area contributed by atoms with E-state index in [1.54, 1.807) is 0 Å². The molecule has 2 aromatic carbocycles. The fraction of sp³-hybridized carbons (Fsp3) is 0.536. The van der Waals surface area contributed by atoms with Crippen LogP contribution in [0.1, 0.15) is 74.1 Å². The molecule has 1 fully saturated rings. The molecule has 8 heteroatoms. The van der Waals surface area contributed by atoms with Crippen LogP contribution in [0.2, 0.25) is 0 Å². The second-order valence-electron chi connectivity index (χ2n) is 9.69. The number of nitriles is 1. The minimum absolute atomic E-state index is 0.0438. The van der Waals surface area contributed by atoms with Crippen molar-refractivity contribution < 1.29 is 26.3 Å². The van der Waals surface area contributed by atoms with Crippen molar-refractivity contribution in [3.8, 4) is 6.07 Å². The van der Waals surface area contributed by atoms with Gasteiger partial charge in [0, 0.05) is 6.54 Å². The van der Waals surface area contributed by atoms with Gasteiger partial charge in [-0.1, -0.05) is 56.2 Å². The highest BCUT2D eigenvalue weighted by atomic mass is 19.4. The smallest absolute Gasteiger partial charge is 0.299 e. The van der Waals surface area contributed by atoms with Gasteiger partial charge in [-0.05, 0) is 74.4 Å². The number of benzene rings is 2. The largest absolute Gasteiger partial charge is 0.417 e. The first-order chi connectivity index (χ1) is 17.0. The molecule has 0 bridgehead atoms. The van der Waals surface area contributed by atoms with Crippen molar-refractivity contribution >= 4 is 0 Å². The maximum atomic E-state index is 13.7. The first-order valence-electron chi connectivity index (χ1n) is 12.5. The molecule has 1 aliphatic rings. The normalized spacial score (nSPS) is 16.8. The van der Waals surface area contributed by atoms with Crippen molar-refractivity contribution in [2.45, 2.75) is 76.2 Å². The van der Waals surface area contributed by atoms with E-state index in [1.165, 1.54) is 0 Å². The number of alkyl halides is 6. The standard InChI is InChI=1S/C28H32F6N2/c1-2-16-36(19-21-9-4-3-5-10-21)17-8-15-26(20-35,22-11-6-7-12-22)23-13-14-24(27(29,30)31)25(18-23)28(32,33)34/h3-5,9-10,13-14,18,22H,2,6-8,11-12,15-17,19H2,1H3. The highest BCUT2D eigenvalue weighted by molar-refractivity contribution is 5.43. The Kier molecular flexibility index (Phi) is 9.10. The van der Waals surface area contributed by atoms with Crippen LogP contribution in [0.25, 0.3) is 0 Å². The van der Waals surface area contributed by atoms with Gasteiger partial charge in [0.1, 0.15) is 0 Å². The molecule has 0 spiro atoms. The second-order valence-corrected chi connectivity index (χ2v) is 9.69. The summed E-state index contributed by atoms with van der Waals surface area (Å²) < 4.78 is 81.2. The van der Waals surface area contributed by atoms with Crippen molar-refractivity contribution in [1.82, 2.24) is 4.90 Å². The Morgan fingerprint density at radius 2 is 1.53 bits per heavy atom. The van der Waals surface area contributed by atoms with E-state index >= 15 is 0 Å². The van der Waals surface area contributed by atoms with Gasteiger partial charge < -0.3 is 0 Å². The van der Waals surface area contributed by atoms with E-state index in [9.17, 15) is 31.6 Å². The Morgan fingerprint density at radius 1 is 0.889 bits per heavy atom. The Hall–Kier alpha value is -2.53. The second kappa shape index (κ2) is 11.7. The fourth-order valence-electron chi connectivity index (χ4n) is 5.53. The predicted molar refractivity (Wildman–Crippen MR) is 127 cm³/mol. The molecule has 2 nitrogen and oxygen atoms in total. The zero-order chi connectivity index (χ0) is 26.4. The number of halogens is 6. The highest BCUT2D eigenvalue weighted by Gasteiger charge is 2.47. The molecule has 0 saturated heterocycles. The lowest BCUT2D eigenvalue weighted by Gasteiger charge is -2.35. The molecular weight excluding hydrogens is 478 g/mol. The lowest BCUT2D eigenvalue weighted by molar-refractivity contribution is -0.162. The van der Waals surface area contributed by atoms with Gasteiger partial charge in [0.2, 0.25) is 0 Å². The Morgan fingerprint density at radius 3 is 2.08 bits per heavy atom. The maximum Gasteiger partial charge on any atom is 0.417 e. The molecule has 2 aromatic rings. The van der Waals surface area contributed by atoms with Crippen LogP contribution in [-0.4, -0.2) is 18.0 Å². The summed E-state index contributed by atoms with van der Waals surface area (Å²) in [7, 11) is 0. The number of nitrogens with zero attached hydrogens (tertiary/aromatic N) is 2. The molecular formula is C28H32F6N2. The van der Waals surface area contributed by atoms with Gasteiger partial charge in [-0.25, -0.2) is 0 Å². The van der Waals surface area contributed by atoms with Gasteiger partial charge in [0.15, 0.2) is 0 Å². The minimum atomic E-state index is -5.18. The van der Waals surface area contributed by atoms with Crippen LogP contribution >= 0.6 is 0 Å². The molecule has 1 aliphatic carbocycles. The number of hydrogen-bond donors (Lipinski definition) is 0. The van der Waals surface area contributed by atoms with Crippen LogP contribution in [0.15, 0.2) is 48.5 Å². The van der Waals surface area contributed by atoms with Crippen LogP contribution in [0.5, 0.6) is 0 Å². The van der Waals surface area contributed by atoms with Crippen molar-refractivity contribution in [3.05, 3.63) is 70.8 Å². The molecule has 0 N–H and O–H groups in total. The Balaban J connectivity index is 1.91. The van der Waals surface area contributed by atoms with Crippen LogP contribution in [-0.2, 0) is 24.3 Å². The number of rotatable bonds is 10. The third-order valence-electron chi connectivity index (χ3n) is 7.23. The fourth-order valence-corrected chi connectivity index (χ4v) is 5.53. The zero-order valence-electron chi connectivity index (χ0n) is 20.4. The molecule has 3 rings (SSSR count). The third kappa shape index (κ3) is 6.61. The van der Waals surface area contributed by atoms with Gasteiger partial charge >= 0.3 is 12.4 Å². The topological polar surface area (TPSA) is 27.0 Å². The zero-order valence-corrected chi connectivity index (χ0v) is 20.4. The summed E-state index contributed by atoms with van der Waals surface area (Å²) in [6, 6.07) is 14.4.